The molecule has 1 saturated heterocycles. The highest BCUT2D eigenvalue weighted by molar-refractivity contribution is 6.03. The number of nitrogens with zero attached hydrogens (tertiary/aromatic N) is 1. The topological polar surface area (TPSA) is 91.7 Å². The largest absolute Gasteiger partial charge is 0.459 e. The number of furan rings is 1. The lowest BCUT2D eigenvalue weighted by Gasteiger charge is -2.13. The number of hydrogen-bond donors (Lipinski definition) is 2. The Kier molecular flexibility index (Phi) is 3.84. The van der Waals surface area contributed by atoms with Crippen molar-refractivity contribution in [3.63, 3.8) is 0 Å². The maximum absolute atomic E-state index is 12.1. The molecule has 1 aromatic carbocycles. The Balaban J connectivity index is 1.73. The molecule has 4 amide bonds. The highest BCUT2D eigenvalue weighted by Crippen LogP contribution is 2.16. The average molecular weight is 313 g/mol. The van der Waals surface area contributed by atoms with E-state index in [4.69, 9.17) is 4.42 Å². The number of imide groups is 1. The van der Waals surface area contributed by atoms with Crippen LogP contribution in [0.1, 0.15) is 21.7 Å². The minimum Gasteiger partial charge on any atom is -0.459 e. The zero-order valence-corrected chi connectivity index (χ0v) is 12.5. The van der Waals surface area contributed by atoms with E-state index >= 15 is 0 Å². The second kappa shape index (κ2) is 5.96. The molecular formula is C16H15N3O4. The van der Waals surface area contributed by atoms with Gasteiger partial charge in [-0.05, 0) is 30.7 Å². The van der Waals surface area contributed by atoms with Crippen LogP contribution in [0.25, 0.3) is 0 Å². The first-order chi connectivity index (χ1) is 11.0. The van der Waals surface area contributed by atoms with Crippen LogP contribution in [0, 0.1) is 6.92 Å². The van der Waals surface area contributed by atoms with Crippen LogP contribution in [0.5, 0.6) is 0 Å². The van der Waals surface area contributed by atoms with Gasteiger partial charge in [-0.15, -0.1) is 0 Å². The third-order valence-electron chi connectivity index (χ3n) is 3.53. The quantitative estimate of drug-likeness (QED) is 0.843. The van der Waals surface area contributed by atoms with Crippen molar-refractivity contribution >= 4 is 23.5 Å². The summed E-state index contributed by atoms with van der Waals surface area (Å²) in [6, 6.07) is 8.28. The molecule has 2 N–H and O–H groups in total. The highest BCUT2D eigenvalue weighted by Gasteiger charge is 2.28. The molecule has 2 aromatic rings. The molecule has 0 aliphatic carbocycles. The molecule has 0 radical (unpaired) electrons. The first-order valence-electron chi connectivity index (χ1n) is 7.07. The zero-order valence-electron chi connectivity index (χ0n) is 12.5. The van der Waals surface area contributed by atoms with Gasteiger partial charge in [0.15, 0.2) is 5.76 Å². The van der Waals surface area contributed by atoms with Gasteiger partial charge in [0.1, 0.15) is 0 Å². The summed E-state index contributed by atoms with van der Waals surface area (Å²) in [7, 11) is 0. The van der Waals surface area contributed by atoms with Gasteiger partial charge in [0, 0.05) is 11.3 Å². The summed E-state index contributed by atoms with van der Waals surface area (Å²) >= 11 is 0. The Labute approximate surface area is 132 Å². The number of nitrogens with one attached hydrogen (secondary N) is 2. The third kappa shape index (κ3) is 3.08. The number of anilines is 1. The number of aryl methyl sites for hydroxylation is 1. The van der Waals surface area contributed by atoms with Crippen LogP contribution in [0.2, 0.25) is 0 Å². The number of urea groups is 1. The number of carbonyl (C=O) groups excluding carboxylic acids is 3. The van der Waals surface area contributed by atoms with Crippen molar-refractivity contribution in [1.29, 1.82) is 0 Å². The van der Waals surface area contributed by atoms with Crippen LogP contribution in [0.15, 0.2) is 41.0 Å². The van der Waals surface area contributed by atoms with Gasteiger partial charge in [-0.1, -0.05) is 12.1 Å². The van der Waals surface area contributed by atoms with Crippen LogP contribution in [0.4, 0.5) is 10.5 Å². The molecular weight excluding hydrogens is 298 g/mol. The van der Waals surface area contributed by atoms with E-state index < -0.39 is 6.03 Å². The SMILES string of the molecule is Cc1ccoc1C(=O)Nc1cccc(CN2C(=O)CNC2=O)c1. The minimum atomic E-state index is -0.407. The van der Waals surface area contributed by atoms with Gasteiger partial charge in [0.2, 0.25) is 5.91 Å². The number of amides is 4. The molecule has 118 valence electrons. The molecule has 1 aliphatic rings. The molecule has 3 rings (SSSR count). The van der Waals surface area contributed by atoms with E-state index in [1.165, 1.54) is 6.26 Å². The molecule has 0 spiro atoms. The third-order valence-corrected chi connectivity index (χ3v) is 3.53. The summed E-state index contributed by atoms with van der Waals surface area (Å²) in [4.78, 5) is 36.4. The van der Waals surface area contributed by atoms with Crippen molar-refractivity contribution < 1.29 is 18.8 Å². The van der Waals surface area contributed by atoms with E-state index in [0.717, 1.165) is 16.0 Å². The maximum atomic E-state index is 12.1. The summed E-state index contributed by atoms with van der Waals surface area (Å²) in [6.07, 6.45) is 1.46. The van der Waals surface area contributed by atoms with E-state index in [1.54, 1.807) is 37.3 Å². The predicted molar refractivity (Wildman–Crippen MR) is 81.8 cm³/mol. The van der Waals surface area contributed by atoms with Gasteiger partial charge in [-0.3, -0.25) is 14.5 Å². The molecule has 1 aromatic heterocycles. The number of benzene rings is 1. The van der Waals surface area contributed by atoms with Crippen LogP contribution < -0.4 is 10.6 Å². The molecule has 7 nitrogen and oxygen atoms in total. The lowest BCUT2D eigenvalue weighted by Crippen LogP contribution is -2.30. The van der Waals surface area contributed by atoms with Crippen molar-refractivity contribution in [3.8, 4) is 0 Å². The first kappa shape index (κ1) is 14.8. The highest BCUT2D eigenvalue weighted by atomic mass is 16.3. The predicted octanol–water partition coefficient (Wildman–Crippen LogP) is 1.89. The van der Waals surface area contributed by atoms with Gasteiger partial charge in [0.25, 0.3) is 5.91 Å². The summed E-state index contributed by atoms with van der Waals surface area (Å²) in [5.74, 6) is -0.361. The Morgan fingerprint density at radius 3 is 2.83 bits per heavy atom. The van der Waals surface area contributed by atoms with Crippen LogP contribution in [0.3, 0.4) is 0 Å². The Bertz CT molecular complexity index is 765. The van der Waals surface area contributed by atoms with Crippen LogP contribution in [-0.4, -0.2) is 29.3 Å². The van der Waals surface area contributed by atoms with Gasteiger partial charge in [0.05, 0.1) is 19.4 Å². The molecule has 0 atom stereocenters. The van der Waals surface area contributed by atoms with Crippen LogP contribution >= 0.6 is 0 Å². The number of carbonyl (C=O) groups is 3. The van der Waals surface area contributed by atoms with Gasteiger partial charge < -0.3 is 15.1 Å². The van der Waals surface area contributed by atoms with E-state index in [0.29, 0.717) is 5.69 Å². The number of rotatable bonds is 4. The standard InChI is InChI=1S/C16H15N3O4/c1-10-5-6-23-14(10)15(21)18-12-4-2-3-11(7-12)9-19-13(20)8-17-16(19)22/h2-7H,8-9H2,1H3,(H,17,22)(H,18,21). The fourth-order valence-electron chi connectivity index (χ4n) is 2.34. The summed E-state index contributed by atoms with van der Waals surface area (Å²) in [6.45, 7) is 1.97. The second-order valence-electron chi connectivity index (χ2n) is 5.23. The molecule has 23 heavy (non-hydrogen) atoms. The molecule has 7 heteroatoms. The summed E-state index contributed by atoms with van der Waals surface area (Å²) in [5, 5.41) is 5.20. The van der Waals surface area contributed by atoms with Gasteiger partial charge >= 0.3 is 6.03 Å². The zero-order chi connectivity index (χ0) is 16.4. The van der Waals surface area contributed by atoms with Crippen molar-refractivity contribution in [3.05, 3.63) is 53.5 Å². The Morgan fingerprint density at radius 1 is 1.35 bits per heavy atom. The van der Waals surface area contributed by atoms with Crippen molar-refractivity contribution in [2.75, 3.05) is 11.9 Å². The summed E-state index contributed by atoms with van der Waals surface area (Å²) < 4.78 is 5.15. The smallest absolute Gasteiger partial charge is 0.324 e. The second-order valence-corrected chi connectivity index (χ2v) is 5.23. The minimum absolute atomic E-state index is 0.0209. The normalized spacial score (nSPS) is 14.0. The van der Waals surface area contributed by atoms with E-state index in [1.807, 2.05) is 0 Å². The van der Waals surface area contributed by atoms with Gasteiger partial charge in [-0.2, -0.15) is 0 Å². The molecule has 0 unspecified atom stereocenters. The number of hydrogen-bond acceptors (Lipinski definition) is 4. The van der Waals surface area contributed by atoms with Crippen LogP contribution in [-0.2, 0) is 11.3 Å². The van der Waals surface area contributed by atoms with E-state index in [2.05, 4.69) is 10.6 Å². The summed E-state index contributed by atoms with van der Waals surface area (Å²) in [5.41, 5.74) is 2.05. The van der Waals surface area contributed by atoms with Crippen molar-refractivity contribution in [1.82, 2.24) is 10.2 Å². The van der Waals surface area contributed by atoms with Crippen molar-refractivity contribution in [2.45, 2.75) is 13.5 Å². The lowest BCUT2D eigenvalue weighted by molar-refractivity contribution is -0.125. The molecule has 0 saturated carbocycles. The van der Waals surface area contributed by atoms with E-state index in [9.17, 15) is 14.4 Å². The van der Waals surface area contributed by atoms with E-state index in [-0.39, 0.29) is 30.7 Å². The fraction of sp³-hybridized carbons (Fsp3) is 0.188. The maximum Gasteiger partial charge on any atom is 0.324 e. The first-order valence-corrected chi connectivity index (χ1v) is 7.07. The average Bonchev–Trinajstić information content (AvgIpc) is 3.08. The molecule has 1 aliphatic heterocycles. The molecule has 0 bridgehead atoms. The lowest BCUT2D eigenvalue weighted by atomic mass is 10.2. The molecule has 1 fully saturated rings. The Hall–Kier alpha value is -3.09. The van der Waals surface area contributed by atoms with Crippen molar-refractivity contribution in [2.24, 2.45) is 0 Å². The Morgan fingerprint density at radius 2 is 2.17 bits per heavy atom. The van der Waals surface area contributed by atoms with Gasteiger partial charge in [-0.25, -0.2) is 4.79 Å². The monoisotopic (exact) mass is 313 g/mol. The fourth-order valence-corrected chi connectivity index (χ4v) is 2.34. The molecule has 2 heterocycles.